The van der Waals surface area contributed by atoms with Gasteiger partial charge in [0.05, 0.1) is 12.3 Å². The molecule has 26 heavy (non-hydrogen) atoms. The fourth-order valence-corrected chi connectivity index (χ4v) is 3.98. The number of urea groups is 1. The minimum Gasteiger partial charge on any atom is -0.465 e. The highest BCUT2D eigenvalue weighted by atomic mass is 16.5. The first-order valence-corrected chi connectivity index (χ1v) is 8.86. The van der Waals surface area contributed by atoms with Crippen molar-refractivity contribution >= 4 is 34.5 Å². The van der Waals surface area contributed by atoms with Gasteiger partial charge in [-0.15, -0.1) is 0 Å². The van der Waals surface area contributed by atoms with E-state index < -0.39 is 5.54 Å². The van der Waals surface area contributed by atoms with Gasteiger partial charge in [-0.1, -0.05) is 0 Å². The molecule has 2 aromatic rings. The highest BCUT2D eigenvalue weighted by Crippen LogP contribution is 2.40. The number of benzene rings is 1. The lowest BCUT2D eigenvalue weighted by atomic mass is 9.99. The van der Waals surface area contributed by atoms with E-state index in [-0.39, 0.29) is 24.5 Å². The Kier molecular flexibility index (Phi) is 3.75. The molecule has 1 aromatic heterocycles. The summed E-state index contributed by atoms with van der Waals surface area (Å²) in [7, 11) is 0. The summed E-state index contributed by atoms with van der Waals surface area (Å²) in [6.07, 6.45) is 3.36. The number of aromatic nitrogens is 1. The molecule has 1 atom stereocenters. The molecule has 7 heteroatoms. The first-order valence-electron chi connectivity index (χ1n) is 8.86. The molecule has 7 nitrogen and oxygen atoms in total. The van der Waals surface area contributed by atoms with E-state index in [4.69, 9.17) is 4.74 Å². The summed E-state index contributed by atoms with van der Waals surface area (Å²) in [5, 5.41) is 0.865. The number of carbonyl (C=O) groups is 3. The normalized spacial score (nSPS) is 22.4. The van der Waals surface area contributed by atoms with Crippen molar-refractivity contribution in [2.75, 3.05) is 18.1 Å². The molecule has 2 aliphatic rings. The highest BCUT2D eigenvalue weighted by Gasteiger charge is 2.56. The van der Waals surface area contributed by atoms with Gasteiger partial charge in [-0.05, 0) is 51.0 Å². The molecule has 0 unspecified atom stereocenters. The number of hydrogen-bond donors (Lipinski definition) is 0. The minimum atomic E-state index is -0.720. The van der Waals surface area contributed by atoms with E-state index in [1.807, 2.05) is 25.1 Å². The molecule has 2 aliphatic heterocycles. The lowest BCUT2D eigenvalue weighted by molar-refractivity contribution is -0.143. The van der Waals surface area contributed by atoms with E-state index in [0.29, 0.717) is 25.3 Å². The number of hydrogen-bond acceptors (Lipinski definition) is 4. The fourth-order valence-electron chi connectivity index (χ4n) is 3.98. The molecule has 136 valence electrons. The fraction of sp³-hybridized carbons (Fsp3) is 0.421. The van der Waals surface area contributed by atoms with E-state index in [9.17, 15) is 14.4 Å². The van der Waals surface area contributed by atoms with Gasteiger partial charge < -0.3 is 14.2 Å². The average molecular weight is 355 g/mol. The summed E-state index contributed by atoms with van der Waals surface area (Å²) < 4.78 is 6.78. The number of fused-ring (bicyclic) bond motifs is 2. The van der Waals surface area contributed by atoms with Crippen molar-refractivity contribution in [3.8, 4) is 0 Å². The Labute approximate surface area is 151 Å². The van der Waals surface area contributed by atoms with Gasteiger partial charge in [-0.25, -0.2) is 9.69 Å². The third-order valence-corrected chi connectivity index (χ3v) is 5.34. The maximum atomic E-state index is 12.9. The van der Waals surface area contributed by atoms with E-state index in [0.717, 1.165) is 17.3 Å². The van der Waals surface area contributed by atoms with Gasteiger partial charge in [-0.3, -0.25) is 9.59 Å². The molecule has 3 amide bonds. The Morgan fingerprint density at radius 2 is 2.08 bits per heavy atom. The van der Waals surface area contributed by atoms with Crippen LogP contribution in [0.1, 0.15) is 26.7 Å². The van der Waals surface area contributed by atoms with Crippen LogP contribution >= 0.6 is 0 Å². The Hall–Kier alpha value is -2.83. The zero-order chi connectivity index (χ0) is 18.5. The van der Waals surface area contributed by atoms with Gasteiger partial charge in [0.25, 0.3) is 5.91 Å². The van der Waals surface area contributed by atoms with Gasteiger partial charge in [-0.2, -0.15) is 0 Å². The number of anilines is 1. The standard InChI is InChI=1S/C19H21N3O4/c1-3-26-16(23)12-20-10-7-13-11-14(5-6-15(13)20)22-17(24)19(2)8-4-9-21(19)18(22)25/h5-7,10-11H,3-4,8-9,12H2,1-2H3/t19-/m0/s1. The number of esters is 1. The van der Waals surface area contributed by atoms with Gasteiger partial charge in [0, 0.05) is 23.6 Å². The molecule has 0 radical (unpaired) electrons. The third kappa shape index (κ3) is 2.30. The largest absolute Gasteiger partial charge is 0.465 e. The summed E-state index contributed by atoms with van der Waals surface area (Å²) in [5.41, 5.74) is 0.701. The lowest BCUT2D eigenvalue weighted by Gasteiger charge is -2.22. The van der Waals surface area contributed by atoms with E-state index >= 15 is 0 Å². The first kappa shape index (κ1) is 16.6. The molecule has 0 saturated carbocycles. The van der Waals surface area contributed by atoms with E-state index in [2.05, 4.69) is 0 Å². The van der Waals surface area contributed by atoms with Crippen LogP contribution in [0.15, 0.2) is 30.5 Å². The third-order valence-electron chi connectivity index (χ3n) is 5.34. The number of rotatable bonds is 4. The molecule has 0 N–H and O–H groups in total. The molecular formula is C19H21N3O4. The van der Waals surface area contributed by atoms with Crippen molar-refractivity contribution in [2.45, 2.75) is 38.8 Å². The van der Waals surface area contributed by atoms with Crippen molar-refractivity contribution in [3.05, 3.63) is 30.5 Å². The van der Waals surface area contributed by atoms with E-state index in [1.54, 1.807) is 28.7 Å². The molecule has 4 rings (SSSR count). The molecule has 2 saturated heterocycles. The van der Waals surface area contributed by atoms with Crippen LogP contribution in [0.4, 0.5) is 10.5 Å². The molecule has 2 fully saturated rings. The first-order chi connectivity index (χ1) is 12.5. The smallest absolute Gasteiger partial charge is 0.332 e. The van der Waals surface area contributed by atoms with Gasteiger partial charge in [0.15, 0.2) is 0 Å². The van der Waals surface area contributed by atoms with Crippen molar-refractivity contribution < 1.29 is 19.1 Å². The van der Waals surface area contributed by atoms with Crippen molar-refractivity contribution in [1.29, 1.82) is 0 Å². The predicted molar refractivity (Wildman–Crippen MR) is 95.8 cm³/mol. The number of carbonyl (C=O) groups excluding carboxylic acids is 3. The maximum Gasteiger partial charge on any atom is 0.332 e. The maximum absolute atomic E-state index is 12.9. The molecular weight excluding hydrogens is 334 g/mol. The quantitative estimate of drug-likeness (QED) is 0.624. The Bertz CT molecular complexity index is 919. The van der Waals surface area contributed by atoms with Gasteiger partial charge in [0.1, 0.15) is 12.1 Å². The molecule has 0 spiro atoms. The summed E-state index contributed by atoms with van der Waals surface area (Å²) in [4.78, 5) is 40.3. The molecule has 0 bridgehead atoms. The Morgan fingerprint density at radius 1 is 1.27 bits per heavy atom. The molecule has 3 heterocycles. The predicted octanol–water partition coefficient (Wildman–Crippen LogP) is 2.53. The van der Waals surface area contributed by atoms with Gasteiger partial charge >= 0.3 is 12.0 Å². The van der Waals surface area contributed by atoms with E-state index in [1.165, 1.54) is 4.90 Å². The Morgan fingerprint density at radius 3 is 2.81 bits per heavy atom. The topological polar surface area (TPSA) is 71.8 Å². The second-order valence-corrected chi connectivity index (χ2v) is 6.94. The van der Waals surface area contributed by atoms with Crippen molar-refractivity contribution in [1.82, 2.24) is 9.47 Å². The zero-order valence-electron chi connectivity index (χ0n) is 14.9. The Balaban J connectivity index is 1.66. The van der Waals surface area contributed by atoms with Crippen molar-refractivity contribution in [2.24, 2.45) is 0 Å². The van der Waals surface area contributed by atoms with Crippen LogP contribution in [0.3, 0.4) is 0 Å². The van der Waals surface area contributed by atoms with Crippen LogP contribution in [0, 0.1) is 0 Å². The average Bonchev–Trinajstić information content (AvgIpc) is 3.23. The van der Waals surface area contributed by atoms with Crippen LogP contribution in [0.5, 0.6) is 0 Å². The lowest BCUT2D eigenvalue weighted by Crippen LogP contribution is -2.41. The number of nitrogens with zero attached hydrogens (tertiary/aromatic N) is 3. The summed E-state index contributed by atoms with van der Waals surface area (Å²) in [6.45, 7) is 4.71. The van der Waals surface area contributed by atoms with Crippen LogP contribution in [0.2, 0.25) is 0 Å². The second kappa shape index (κ2) is 5.86. The second-order valence-electron chi connectivity index (χ2n) is 6.94. The number of amides is 3. The number of imide groups is 1. The van der Waals surface area contributed by atoms with Gasteiger partial charge in [0.2, 0.25) is 0 Å². The molecule has 1 aromatic carbocycles. The summed E-state index contributed by atoms with van der Waals surface area (Å²) in [5.74, 6) is -0.460. The van der Waals surface area contributed by atoms with Crippen molar-refractivity contribution in [3.63, 3.8) is 0 Å². The SMILES string of the molecule is CCOC(=O)Cn1ccc2cc(N3C(=O)N4CCC[C@@]4(C)C3=O)ccc21. The minimum absolute atomic E-state index is 0.129. The van der Waals surface area contributed by atoms with Crippen LogP contribution in [-0.2, 0) is 20.9 Å². The monoisotopic (exact) mass is 355 g/mol. The van der Waals surface area contributed by atoms with Crippen LogP contribution in [0.25, 0.3) is 10.9 Å². The van der Waals surface area contributed by atoms with Crippen LogP contribution < -0.4 is 4.90 Å². The zero-order valence-corrected chi connectivity index (χ0v) is 14.9. The van der Waals surface area contributed by atoms with Crippen LogP contribution in [-0.4, -0.2) is 46.1 Å². The number of ether oxygens (including phenoxy) is 1. The molecule has 0 aliphatic carbocycles. The summed E-state index contributed by atoms with van der Waals surface area (Å²) in [6, 6.07) is 7.02. The summed E-state index contributed by atoms with van der Waals surface area (Å²) >= 11 is 0. The highest BCUT2D eigenvalue weighted by molar-refractivity contribution is 6.23.